The summed E-state index contributed by atoms with van der Waals surface area (Å²) in [5.41, 5.74) is 5.75. The SMILES string of the molecule is CC(N)C(=O)NC(CNC(=O)[C@@H]1C[C@H](C)CC[C@H]1C(C)C)C1CCCCC1. The van der Waals surface area contributed by atoms with Crippen LogP contribution in [0.1, 0.15) is 79.1 Å². The molecule has 0 aromatic rings. The van der Waals surface area contributed by atoms with Gasteiger partial charge in [-0.05, 0) is 56.3 Å². The van der Waals surface area contributed by atoms with Crippen molar-refractivity contribution in [1.29, 1.82) is 0 Å². The van der Waals surface area contributed by atoms with Crippen molar-refractivity contribution in [2.45, 2.75) is 91.1 Å². The third-order valence-electron chi connectivity index (χ3n) is 6.82. The van der Waals surface area contributed by atoms with E-state index in [1.54, 1.807) is 6.92 Å². The molecule has 0 aromatic heterocycles. The number of hydrogen-bond acceptors (Lipinski definition) is 3. The molecule has 5 atom stereocenters. The Labute approximate surface area is 165 Å². The van der Waals surface area contributed by atoms with Crippen molar-refractivity contribution in [3.63, 3.8) is 0 Å². The zero-order chi connectivity index (χ0) is 20.0. The first-order valence-electron chi connectivity index (χ1n) is 11.1. The molecule has 0 aliphatic heterocycles. The molecule has 0 bridgehead atoms. The Morgan fingerprint density at radius 3 is 2.30 bits per heavy atom. The van der Waals surface area contributed by atoms with Crippen molar-refractivity contribution in [3.8, 4) is 0 Å². The molecule has 2 aliphatic rings. The van der Waals surface area contributed by atoms with E-state index in [0.717, 1.165) is 25.7 Å². The van der Waals surface area contributed by atoms with Gasteiger partial charge in [0.2, 0.25) is 11.8 Å². The number of hydrogen-bond donors (Lipinski definition) is 3. The van der Waals surface area contributed by atoms with Crippen molar-refractivity contribution in [2.75, 3.05) is 6.54 Å². The lowest BCUT2D eigenvalue weighted by atomic mass is 9.69. The van der Waals surface area contributed by atoms with Crippen molar-refractivity contribution in [1.82, 2.24) is 10.6 Å². The maximum atomic E-state index is 13.0. The van der Waals surface area contributed by atoms with Crippen LogP contribution in [0.4, 0.5) is 0 Å². The number of carbonyl (C=O) groups is 2. The lowest BCUT2D eigenvalue weighted by Gasteiger charge is -2.37. The van der Waals surface area contributed by atoms with Gasteiger partial charge >= 0.3 is 0 Å². The fourth-order valence-electron chi connectivity index (χ4n) is 5.03. The van der Waals surface area contributed by atoms with E-state index in [1.807, 2.05) is 0 Å². The first kappa shape index (κ1) is 22.2. The highest BCUT2D eigenvalue weighted by molar-refractivity contribution is 5.82. The summed E-state index contributed by atoms with van der Waals surface area (Å²) >= 11 is 0. The third kappa shape index (κ3) is 6.48. The molecule has 2 amide bonds. The molecule has 0 aromatic carbocycles. The van der Waals surface area contributed by atoms with Crippen LogP contribution in [-0.2, 0) is 9.59 Å². The van der Waals surface area contributed by atoms with Gasteiger partial charge in [0.05, 0.1) is 6.04 Å². The lowest BCUT2D eigenvalue weighted by molar-refractivity contribution is -0.130. The van der Waals surface area contributed by atoms with Crippen LogP contribution in [-0.4, -0.2) is 30.4 Å². The molecule has 5 heteroatoms. The van der Waals surface area contributed by atoms with Crippen LogP contribution >= 0.6 is 0 Å². The molecule has 5 nitrogen and oxygen atoms in total. The number of carbonyl (C=O) groups excluding carboxylic acids is 2. The summed E-state index contributed by atoms with van der Waals surface area (Å²) in [6, 6.07) is -0.525. The van der Waals surface area contributed by atoms with Gasteiger partial charge in [-0.25, -0.2) is 0 Å². The van der Waals surface area contributed by atoms with Crippen molar-refractivity contribution in [3.05, 3.63) is 0 Å². The van der Waals surface area contributed by atoms with E-state index in [4.69, 9.17) is 5.73 Å². The highest BCUT2D eigenvalue weighted by Gasteiger charge is 2.36. The highest BCUT2D eigenvalue weighted by Crippen LogP contribution is 2.38. The second kappa shape index (κ2) is 10.4. The number of nitrogens with one attached hydrogen (secondary N) is 2. The minimum atomic E-state index is -0.517. The summed E-state index contributed by atoms with van der Waals surface area (Å²) < 4.78 is 0. The topological polar surface area (TPSA) is 84.2 Å². The zero-order valence-corrected chi connectivity index (χ0v) is 17.8. The minimum Gasteiger partial charge on any atom is -0.354 e. The van der Waals surface area contributed by atoms with Crippen molar-refractivity contribution < 1.29 is 9.59 Å². The molecule has 0 spiro atoms. The predicted octanol–water partition coefficient (Wildman–Crippen LogP) is 3.22. The van der Waals surface area contributed by atoms with Crippen LogP contribution in [0.2, 0.25) is 0 Å². The Morgan fingerprint density at radius 2 is 1.70 bits per heavy atom. The van der Waals surface area contributed by atoms with Gasteiger partial charge in [-0.3, -0.25) is 9.59 Å². The minimum absolute atomic E-state index is 0.00809. The zero-order valence-electron chi connectivity index (χ0n) is 17.8. The summed E-state index contributed by atoms with van der Waals surface area (Å²) in [5.74, 6) is 2.20. The predicted molar refractivity (Wildman–Crippen MR) is 110 cm³/mol. The summed E-state index contributed by atoms with van der Waals surface area (Å²) in [7, 11) is 0. The lowest BCUT2D eigenvalue weighted by Crippen LogP contribution is -2.53. The number of amides is 2. The van der Waals surface area contributed by atoms with Crippen LogP contribution in [0.25, 0.3) is 0 Å². The van der Waals surface area contributed by atoms with Gasteiger partial charge in [-0.1, -0.05) is 46.5 Å². The molecule has 2 saturated carbocycles. The Hall–Kier alpha value is -1.10. The quantitative estimate of drug-likeness (QED) is 0.635. The van der Waals surface area contributed by atoms with Gasteiger partial charge < -0.3 is 16.4 Å². The van der Waals surface area contributed by atoms with Gasteiger partial charge in [0.25, 0.3) is 0 Å². The second-order valence-electron chi connectivity index (χ2n) is 9.48. The van der Waals surface area contributed by atoms with Gasteiger partial charge in [-0.15, -0.1) is 0 Å². The van der Waals surface area contributed by atoms with E-state index >= 15 is 0 Å². The van der Waals surface area contributed by atoms with Crippen LogP contribution in [0.5, 0.6) is 0 Å². The molecular formula is C22H41N3O2. The maximum absolute atomic E-state index is 13.0. The van der Waals surface area contributed by atoms with Gasteiger partial charge in [0.1, 0.15) is 0 Å². The number of rotatable bonds is 7. The Morgan fingerprint density at radius 1 is 1.04 bits per heavy atom. The molecule has 156 valence electrons. The van der Waals surface area contributed by atoms with E-state index in [-0.39, 0.29) is 23.8 Å². The molecule has 2 fully saturated rings. The third-order valence-corrected chi connectivity index (χ3v) is 6.82. The van der Waals surface area contributed by atoms with Crippen LogP contribution < -0.4 is 16.4 Å². The van der Waals surface area contributed by atoms with E-state index in [0.29, 0.717) is 30.2 Å². The van der Waals surface area contributed by atoms with Gasteiger partial charge in [0.15, 0.2) is 0 Å². The Balaban J connectivity index is 1.98. The molecule has 2 unspecified atom stereocenters. The van der Waals surface area contributed by atoms with Crippen LogP contribution in [0.15, 0.2) is 0 Å². The molecule has 4 N–H and O–H groups in total. The largest absolute Gasteiger partial charge is 0.354 e. The first-order chi connectivity index (χ1) is 12.8. The molecule has 0 saturated heterocycles. The van der Waals surface area contributed by atoms with Crippen LogP contribution in [0, 0.1) is 29.6 Å². The Kier molecular flexibility index (Phi) is 8.59. The fraction of sp³-hybridized carbons (Fsp3) is 0.909. The van der Waals surface area contributed by atoms with E-state index < -0.39 is 6.04 Å². The molecular weight excluding hydrogens is 338 g/mol. The molecule has 2 rings (SSSR count). The average Bonchev–Trinajstić information content (AvgIpc) is 2.64. The van der Waals surface area contributed by atoms with Crippen molar-refractivity contribution in [2.24, 2.45) is 35.3 Å². The summed E-state index contributed by atoms with van der Waals surface area (Å²) in [5, 5.41) is 6.31. The highest BCUT2D eigenvalue weighted by atomic mass is 16.2. The molecule has 2 aliphatic carbocycles. The number of nitrogens with two attached hydrogens (primary N) is 1. The molecule has 0 radical (unpaired) electrons. The van der Waals surface area contributed by atoms with Gasteiger partial charge in [0, 0.05) is 18.5 Å². The monoisotopic (exact) mass is 379 g/mol. The summed E-state index contributed by atoms with van der Waals surface area (Å²) in [6.07, 6.45) is 9.27. The van der Waals surface area contributed by atoms with Crippen molar-refractivity contribution >= 4 is 11.8 Å². The molecule has 0 heterocycles. The van der Waals surface area contributed by atoms with E-state index in [1.165, 1.54) is 25.7 Å². The second-order valence-corrected chi connectivity index (χ2v) is 9.48. The Bertz CT molecular complexity index is 486. The normalized spacial score (nSPS) is 29.2. The molecule has 27 heavy (non-hydrogen) atoms. The maximum Gasteiger partial charge on any atom is 0.236 e. The summed E-state index contributed by atoms with van der Waals surface area (Å²) in [4.78, 5) is 25.2. The standard InChI is InChI=1S/C22H41N3O2/c1-14(2)18-11-10-15(3)12-19(18)22(27)24-13-20(25-21(26)16(4)23)17-8-6-5-7-9-17/h14-20H,5-13,23H2,1-4H3,(H,24,27)(H,25,26)/t15-,16?,18+,19-,20?/m1/s1. The fourth-order valence-corrected chi connectivity index (χ4v) is 5.03. The van der Waals surface area contributed by atoms with E-state index in [9.17, 15) is 9.59 Å². The first-order valence-corrected chi connectivity index (χ1v) is 11.1. The average molecular weight is 380 g/mol. The smallest absolute Gasteiger partial charge is 0.236 e. The van der Waals surface area contributed by atoms with Crippen LogP contribution in [0.3, 0.4) is 0 Å². The summed E-state index contributed by atoms with van der Waals surface area (Å²) in [6.45, 7) is 8.95. The van der Waals surface area contributed by atoms with Gasteiger partial charge in [-0.2, -0.15) is 0 Å². The van der Waals surface area contributed by atoms with E-state index in [2.05, 4.69) is 31.4 Å².